The highest BCUT2D eigenvalue weighted by atomic mass is 35.5. The van der Waals surface area contributed by atoms with Gasteiger partial charge in [0, 0.05) is 17.2 Å². The fourth-order valence-corrected chi connectivity index (χ4v) is 2.70. The van der Waals surface area contributed by atoms with Gasteiger partial charge in [0.1, 0.15) is 23.5 Å². The number of nitro groups is 1. The van der Waals surface area contributed by atoms with Crippen molar-refractivity contribution in [2.45, 2.75) is 26.5 Å². The van der Waals surface area contributed by atoms with Gasteiger partial charge in [0.25, 0.3) is 11.6 Å². The number of nitrogens with one attached hydrogen (secondary N) is 1. The first-order valence-corrected chi connectivity index (χ1v) is 9.11. The lowest BCUT2D eigenvalue weighted by Crippen LogP contribution is -2.45. The van der Waals surface area contributed by atoms with Crippen LogP contribution in [-0.2, 0) is 16.1 Å². The summed E-state index contributed by atoms with van der Waals surface area (Å²) in [5.74, 6) is -2.58. The number of nitriles is 1. The van der Waals surface area contributed by atoms with E-state index < -0.39 is 41.0 Å². The second-order valence-electron chi connectivity index (χ2n) is 6.64. The number of halogens is 2. The summed E-state index contributed by atoms with van der Waals surface area (Å²) in [5.41, 5.74) is -0.275. The Hall–Kier alpha value is -3.51. The molecule has 2 aromatic rings. The number of hydrogen-bond donors (Lipinski definition) is 1. The molecule has 0 bridgehead atoms. The highest BCUT2D eigenvalue weighted by Gasteiger charge is 2.27. The van der Waals surface area contributed by atoms with Gasteiger partial charge in [-0.15, -0.1) is 0 Å². The molecule has 0 aliphatic rings. The molecule has 156 valence electrons. The van der Waals surface area contributed by atoms with E-state index in [4.69, 9.17) is 21.6 Å². The average molecular weight is 434 g/mol. The van der Waals surface area contributed by atoms with Crippen LogP contribution in [-0.4, -0.2) is 22.8 Å². The van der Waals surface area contributed by atoms with Crippen molar-refractivity contribution in [2.24, 2.45) is 5.92 Å². The zero-order valence-corrected chi connectivity index (χ0v) is 16.8. The van der Waals surface area contributed by atoms with Crippen molar-refractivity contribution >= 4 is 29.2 Å². The minimum atomic E-state index is -1.09. The van der Waals surface area contributed by atoms with Crippen molar-refractivity contribution in [1.82, 2.24) is 5.32 Å². The van der Waals surface area contributed by atoms with Crippen LogP contribution < -0.4 is 5.32 Å². The fourth-order valence-electron chi connectivity index (χ4n) is 2.51. The van der Waals surface area contributed by atoms with Gasteiger partial charge in [-0.05, 0) is 36.2 Å². The van der Waals surface area contributed by atoms with Crippen molar-refractivity contribution < 1.29 is 23.6 Å². The van der Waals surface area contributed by atoms with E-state index in [1.165, 1.54) is 24.3 Å². The number of nitrogens with zero attached hydrogens (tertiary/aromatic N) is 2. The monoisotopic (exact) mass is 433 g/mol. The Morgan fingerprint density at radius 2 is 2.00 bits per heavy atom. The van der Waals surface area contributed by atoms with Crippen LogP contribution in [0.15, 0.2) is 36.4 Å². The van der Waals surface area contributed by atoms with Gasteiger partial charge in [-0.3, -0.25) is 14.9 Å². The Bertz CT molecular complexity index is 1040. The molecular weight excluding hydrogens is 417 g/mol. The lowest BCUT2D eigenvalue weighted by Gasteiger charge is -2.21. The summed E-state index contributed by atoms with van der Waals surface area (Å²) in [6.07, 6.45) is 0. The van der Waals surface area contributed by atoms with Crippen molar-refractivity contribution in [1.29, 1.82) is 5.26 Å². The molecule has 0 saturated heterocycles. The standard InChI is InChI=1S/C20H17ClFN3O5/c1-11(2)18(20(27)30-10-14-7-12(9-23)3-6-16(14)22)24-19(26)13-4-5-15(21)17(8-13)25(28)29/h3-8,11,18H,10H2,1-2H3,(H,24,26)/t18-/m0/s1. The van der Waals surface area contributed by atoms with Gasteiger partial charge in [-0.1, -0.05) is 25.4 Å². The van der Waals surface area contributed by atoms with Crippen LogP contribution in [0.25, 0.3) is 0 Å². The van der Waals surface area contributed by atoms with Crippen molar-refractivity contribution in [3.8, 4) is 6.07 Å². The third kappa shape index (κ3) is 5.52. The molecule has 0 heterocycles. The molecule has 0 spiro atoms. The topological polar surface area (TPSA) is 122 Å². The van der Waals surface area contributed by atoms with Gasteiger partial charge in [-0.25, -0.2) is 9.18 Å². The van der Waals surface area contributed by atoms with Crippen LogP contribution in [0.3, 0.4) is 0 Å². The summed E-state index contributed by atoms with van der Waals surface area (Å²) in [5, 5.41) is 22.2. The van der Waals surface area contributed by atoms with Crippen LogP contribution in [0.4, 0.5) is 10.1 Å². The summed E-state index contributed by atoms with van der Waals surface area (Å²) in [7, 11) is 0. The molecule has 0 aliphatic heterocycles. The molecule has 2 rings (SSSR count). The van der Waals surface area contributed by atoms with E-state index >= 15 is 0 Å². The zero-order chi connectivity index (χ0) is 22.4. The number of carbonyl (C=O) groups is 2. The van der Waals surface area contributed by atoms with E-state index in [9.17, 15) is 24.1 Å². The summed E-state index contributed by atoms with van der Waals surface area (Å²) >= 11 is 5.74. The van der Waals surface area contributed by atoms with E-state index in [0.29, 0.717) is 0 Å². The number of rotatable bonds is 7. The fraction of sp³-hybridized carbons (Fsp3) is 0.250. The molecule has 1 N–H and O–H groups in total. The maximum atomic E-state index is 13.8. The molecule has 0 fully saturated rings. The van der Waals surface area contributed by atoms with Crippen LogP contribution in [0.1, 0.15) is 35.3 Å². The van der Waals surface area contributed by atoms with Crippen molar-refractivity contribution in [3.05, 3.63) is 74.0 Å². The van der Waals surface area contributed by atoms with Gasteiger partial charge in [0.15, 0.2) is 0 Å². The van der Waals surface area contributed by atoms with E-state index in [2.05, 4.69) is 5.32 Å². The van der Waals surface area contributed by atoms with E-state index in [1.807, 2.05) is 6.07 Å². The highest BCUT2D eigenvalue weighted by Crippen LogP contribution is 2.25. The van der Waals surface area contributed by atoms with Gasteiger partial charge >= 0.3 is 5.97 Å². The van der Waals surface area contributed by atoms with Crippen LogP contribution >= 0.6 is 11.6 Å². The third-order valence-corrected chi connectivity index (χ3v) is 4.48. The largest absolute Gasteiger partial charge is 0.459 e. The Labute approximate surface area is 176 Å². The Balaban J connectivity index is 2.13. The molecule has 10 heteroatoms. The van der Waals surface area contributed by atoms with Crippen LogP contribution in [0, 0.1) is 33.2 Å². The summed E-state index contributed by atoms with van der Waals surface area (Å²) < 4.78 is 19.0. The molecule has 8 nitrogen and oxygen atoms in total. The Kier molecular flexibility index (Phi) is 7.44. The summed E-state index contributed by atoms with van der Waals surface area (Å²) in [6, 6.07) is 7.93. The predicted molar refractivity (Wildman–Crippen MR) is 105 cm³/mol. The van der Waals surface area contributed by atoms with Crippen molar-refractivity contribution in [2.75, 3.05) is 0 Å². The zero-order valence-electron chi connectivity index (χ0n) is 16.0. The lowest BCUT2D eigenvalue weighted by atomic mass is 10.0. The van der Waals surface area contributed by atoms with Crippen LogP contribution in [0.5, 0.6) is 0 Å². The molecule has 1 atom stereocenters. The molecule has 0 saturated carbocycles. The Morgan fingerprint density at radius 1 is 1.30 bits per heavy atom. The van der Waals surface area contributed by atoms with E-state index in [0.717, 1.165) is 12.1 Å². The average Bonchev–Trinajstić information content (AvgIpc) is 2.70. The number of esters is 1. The minimum absolute atomic E-state index is 0.0181. The van der Waals surface area contributed by atoms with E-state index in [-0.39, 0.29) is 27.6 Å². The van der Waals surface area contributed by atoms with Crippen LogP contribution in [0.2, 0.25) is 5.02 Å². The summed E-state index contributed by atoms with van der Waals surface area (Å²) in [6.45, 7) is 2.90. The normalized spacial score (nSPS) is 11.5. The highest BCUT2D eigenvalue weighted by molar-refractivity contribution is 6.32. The molecule has 0 radical (unpaired) electrons. The second kappa shape index (κ2) is 9.80. The predicted octanol–water partition coefficient (Wildman–Crippen LogP) is 3.76. The first kappa shape index (κ1) is 22.8. The molecule has 2 aromatic carbocycles. The number of ether oxygens (including phenoxy) is 1. The lowest BCUT2D eigenvalue weighted by molar-refractivity contribution is -0.384. The molecule has 30 heavy (non-hydrogen) atoms. The van der Waals surface area contributed by atoms with Gasteiger partial charge in [0.05, 0.1) is 16.6 Å². The summed E-state index contributed by atoms with van der Waals surface area (Å²) in [4.78, 5) is 35.2. The first-order chi connectivity index (χ1) is 14.1. The van der Waals surface area contributed by atoms with Gasteiger partial charge in [0.2, 0.25) is 0 Å². The number of carbonyl (C=O) groups excluding carboxylic acids is 2. The van der Waals surface area contributed by atoms with Gasteiger partial charge < -0.3 is 10.1 Å². The number of nitro benzene ring substituents is 1. The second-order valence-corrected chi connectivity index (χ2v) is 7.05. The molecule has 1 amide bonds. The quantitative estimate of drug-likeness (QED) is 0.403. The van der Waals surface area contributed by atoms with Crippen molar-refractivity contribution in [3.63, 3.8) is 0 Å². The maximum Gasteiger partial charge on any atom is 0.329 e. The third-order valence-electron chi connectivity index (χ3n) is 4.16. The first-order valence-electron chi connectivity index (χ1n) is 8.74. The maximum absolute atomic E-state index is 13.8. The Morgan fingerprint density at radius 3 is 2.60 bits per heavy atom. The number of hydrogen-bond acceptors (Lipinski definition) is 6. The smallest absolute Gasteiger partial charge is 0.329 e. The van der Waals surface area contributed by atoms with Gasteiger partial charge in [-0.2, -0.15) is 5.26 Å². The molecule has 0 unspecified atom stereocenters. The molecule has 0 aromatic heterocycles. The molecular formula is C20H17ClFN3O5. The SMILES string of the molecule is CC(C)[C@H](NC(=O)c1ccc(Cl)c([N+](=O)[O-])c1)C(=O)OCc1cc(C#N)ccc1F. The number of benzene rings is 2. The minimum Gasteiger partial charge on any atom is -0.459 e. The molecule has 0 aliphatic carbocycles. The number of amides is 1. The van der Waals surface area contributed by atoms with E-state index in [1.54, 1.807) is 13.8 Å².